The van der Waals surface area contributed by atoms with Crippen LogP contribution in [-0.2, 0) is 4.74 Å². The molecule has 6 heteroatoms. The molecule has 5 nitrogen and oxygen atoms in total. The first kappa shape index (κ1) is 13.4. The molecule has 1 saturated heterocycles. The highest BCUT2D eigenvalue weighted by Crippen LogP contribution is 2.32. The predicted octanol–water partition coefficient (Wildman–Crippen LogP) is 2.62. The first-order valence-corrected chi connectivity index (χ1v) is 7.87. The molecule has 2 aromatic rings. The van der Waals surface area contributed by atoms with E-state index in [9.17, 15) is 5.26 Å². The molecule has 3 rings (SSSR count). The van der Waals surface area contributed by atoms with Crippen LogP contribution in [0.25, 0.3) is 11.0 Å². The van der Waals surface area contributed by atoms with Crippen LogP contribution < -0.4 is 0 Å². The number of rotatable bonds is 2. The molecule has 0 aromatic carbocycles. The summed E-state index contributed by atoms with van der Waals surface area (Å²) in [4.78, 5) is 8.88. The van der Waals surface area contributed by atoms with Gasteiger partial charge in [0, 0.05) is 30.1 Å². The van der Waals surface area contributed by atoms with Crippen molar-refractivity contribution in [1.82, 2.24) is 14.5 Å². The van der Waals surface area contributed by atoms with Crippen LogP contribution in [0.2, 0.25) is 0 Å². The van der Waals surface area contributed by atoms with E-state index >= 15 is 0 Å². The molecule has 1 fully saturated rings. The summed E-state index contributed by atoms with van der Waals surface area (Å²) in [5.74, 6) is 0.374. The van der Waals surface area contributed by atoms with Crippen molar-refractivity contribution >= 4 is 22.8 Å². The number of hydrogen-bond donors (Lipinski definition) is 0. The van der Waals surface area contributed by atoms with Gasteiger partial charge in [-0.1, -0.05) is 18.7 Å². The number of nitrogens with zero attached hydrogens (tertiary/aromatic N) is 4. The summed E-state index contributed by atoms with van der Waals surface area (Å²) < 4.78 is 7.58. The van der Waals surface area contributed by atoms with E-state index in [0.717, 1.165) is 35.8 Å². The molecule has 0 bridgehead atoms. The van der Waals surface area contributed by atoms with E-state index in [4.69, 9.17) is 4.74 Å². The van der Waals surface area contributed by atoms with Crippen LogP contribution in [0.3, 0.4) is 0 Å². The second-order valence-electron chi connectivity index (χ2n) is 5.06. The maximum atomic E-state index is 9.41. The van der Waals surface area contributed by atoms with Gasteiger partial charge in [-0.2, -0.15) is 5.26 Å². The van der Waals surface area contributed by atoms with E-state index < -0.39 is 0 Å². The van der Waals surface area contributed by atoms with Gasteiger partial charge in [-0.15, -0.1) is 0 Å². The van der Waals surface area contributed by atoms with Crippen LogP contribution in [0.1, 0.15) is 25.1 Å². The van der Waals surface area contributed by atoms with Gasteiger partial charge < -0.3 is 9.30 Å². The molecule has 0 saturated carbocycles. The van der Waals surface area contributed by atoms with Crippen molar-refractivity contribution < 1.29 is 4.74 Å². The molecular weight excluding hydrogens is 272 g/mol. The van der Waals surface area contributed by atoms with Crippen LogP contribution in [0, 0.1) is 17.2 Å². The van der Waals surface area contributed by atoms with E-state index in [1.54, 1.807) is 6.20 Å². The third-order valence-electron chi connectivity index (χ3n) is 3.78. The summed E-state index contributed by atoms with van der Waals surface area (Å²) in [5, 5.41) is 11.1. The lowest BCUT2D eigenvalue weighted by Crippen LogP contribution is -2.28. The summed E-state index contributed by atoms with van der Waals surface area (Å²) in [7, 11) is 0. The summed E-state index contributed by atoms with van der Waals surface area (Å²) in [6, 6.07) is 4.43. The summed E-state index contributed by atoms with van der Waals surface area (Å²) in [6.45, 7) is 3.63. The fourth-order valence-electron chi connectivity index (χ4n) is 2.76. The Balaban J connectivity index is 2.18. The summed E-state index contributed by atoms with van der Waals surface area (Å²) in [5.41, 5.74) is 1.52. The maximum absolute atomic E-state index is 9.41. The van der Waals surface area contributed by atoms with Crippen LogP contribution >= 0.6 is 11.8 Å². The molecule has 1 aliphatic rings. The van der Waals surface area contributed by atoms with E-state index in [-0.39, 0.29) is 6.04 Å². The zero-order valence-corrected chi connectivity index (χ0v) is 12.4. The molecule has 104 valence electrons. The Morgan fingerprint density at radius 3 is 3.10 bits per heavy atom. The summed E-state index contributed by atoms with van der Waals surface area (Å²) in [6.07, 6.45) is 4.67. The van der Waals surface area contributed by atoms with Crippen LogP contribution in [0.4, 0.5) is 0 Å². The largest absolute Gasteiger partial charge is 0.381 e. The molecule has 0 radical (unpaired) electrons. The minimum absolute atomic E-state index is 0.264. The molecule has 0 N–H and O–H groups in total. The minimum atomic E-state index is 0.264. The van der Waals surface area contributed by atoms with Gasteiger partial charge in [0.05, 0.1) is 6.61 Å². The molecule has 20 heavy (non-hydrogen) atoms. The number of aromatic nitrogens is 3. The van der Waals surface area contributed by atoms with Crippen molar-refractivity contribution in [2.75, 3.05) is 19.5 Å². The molecule has 0 aliphatic carbocycles. The highest BCUT2D eigenvalue weighted by atomic mass is 32.2. The Morgan fingerprint density at radius 2 is 2.40 bits per heavy atom. The molecule has 0 spiro atoms. The predicted molar refractivity (Wildman–Crippen MR) is 77.7 cm³/mol. The third kappa shape index (κ3) is 2.17. The fraction of sp³-hybridized carbons (Fsp3) is 0.500. The van der Waals surface area contributed by atoms with Crippen molar-refractivity contribution in [1.29, 1.82) is 5.26 Å². The first-order valence-electron chi connectivity index (χ1n) is 6.64. The Kier molecular flexibility index (Phi) is 3.64. The van der Waals surface area contributed by atoms with Crippen LogP contribution in [0.5, 0.6) is 0 Å². The first-order chi connectivity index (χ1) is 9.74. The van der Waals surface area contributed by atoms with Crippen molar-refractivity contribution in [2.45, 2.75) is 24.5 Å². The summed E-state index contributed by atoms with van der Waals surface area (Å²) >= 11 is 1.51. The second kappa shape index (κ2) is 5.43. The molecule has 2 unspecified atom stereocenters. The monoisotopic (exact) mass is 288 g/mol. The molecular formula is C14H16N4OS. The van der Waals surface area contributed by atoms with E-state index in [0.29, 0.717) is 11.6 Å². The fourth-order valence-corrected chi connectivity index (χ4v) is 3.10. The smallest absolute Gasteiger partial charge is 0.189 e. The van der Waals surface area contributed by atoms with Crippen LogP contribution in [-0.4, -0.2) is 34.0 Å². The van der Waals surface area contributed by atoms with Crippen molar-refractivity contribution in [2.24, 2.45) is 5.92 Å². The number of fused-ring (bicyclic) bond motifs is 1. The topological polar surface area (TPSA) is 63.7 Å². The van der Waals surface area contributed by atoms with Gasteiger partial charge in [0.15, 0.2) is 5.16 Å². The molecule has 3 heterocycles. The molecule has 0 amide bonds. The highest BCUT2D eigenvalue weighted by molar-refractivity contribution is 7.98. The number of hydrogen-bond acceptors (Lipinski definition) is 5. The zero-order valence-electron chi connectivity index (χ0n) is 11.5. The molecule has 2 atom stereocenters. The van der Waals surface area contributed by atoms with Crippen LogP contribution in [0.15, 0.2) is 17.4 Å². The Bertz CT molecular complexity index is 676. The van der Waals surface area contributed by atoms with Gasteiger partial charge in [-0.05, 0) is 18.7 Å². The molecule has 1 aliphatic heterocycles. The van der Waals surface area contributed by atoms with Gasteiger partial charge in [0.25, 0.3) is 0 Å². The Labute approximate surface area is 122 Å². The number of ether oxygens (including phenoxy) is 1. The minimum Gasteiger partial charge on any atom is -0.381 e. The number of nitriles is 1. The lowest BCUT2D eigenvalue weighted by molar-refractivity contribution is 0.0295. The van der Waals surface area contributed by atoms with Gasteiger partial charge >= 0.3 is 0 Å². The van der Waals surface area contributed by atoms with E-state index in [1.165, 1.54) is 11.8 Å². The van der Waals surface area contributed by atoms with Gasteiger partial charge in [-0.3, -0.25) is 0 Å². The second-order valence-corrected chi connectivity index (χ2v) is 5.83. The Hall–Kier alpha value is -1.58. The maximum Gasteiger partial charge on any atom is 0.189 e. The average molecular weight is 288 g/mol. The van der Waals surface area contributed by atoms with Crippen molar-refractivity contribution in [3.05, 3.63) is 18.0 Å². The third-order valence-corrected chi connectivity index (χ3v) is 4.34. The lowest BCUT2D eigenvalue weighted by atomic mass is 9.97. The van der Waals surface area contributed by atoms with Gasteiger partial charge in [0.1, 0.15) is 17.4 Å². The lowest BCUT2D eigenvalue weighted by Gasteiger charge is -2.31. The van der Waals surface area contributed by atoms with Crippen molar-refractivity contribution in [3.63, 3.8) is 0 Å². The van der Waals surface area contributed by atoms with Gasteiger partial charge in [-0.25, -0.2) is 9.97 Å². The quantitative estimate of drug-likeness (QED) is 0.628. The van der Waals surface area contributed by atoms with Crippen molar-refractivity contribution in [3.8, 4) is 6.07 Å². The van der Waals surface area contributed by atoms with E-state index in [1.807, 2.05) is 12.3 Å². The Morgan fingerprint density at radius 1 is 1.55 bits per heavy atom. The zero-order chi connectivity index (χ0) is 14.1. The van der Waals surface area contributed by atoms with E-state index in [2.05, 4.69) is 27.5 Å². The average Bonchev–Trinajstić information content (AvgIpc) is 2.85. The number of thioether (sulfide) groups is 1. The standard InChI is InChI=1S/C14H16N4OS/c1-9-8-19-4-3-12(9)18-11(6-15)5-10-7-16-14(20-2)17-13(10)18/h5,7,9,12H,3-4,8H2,1-2H3. The normalized spacial score (nSPS) is 22.9. The van der Waals surface area contributed by atoms with Gasteiger partial charge in [0.2, 0.25) is 0 Å². The SMILES string of the molecule is CSc1ncc2cc(C#N)n(C3CCOCC3C)c2n1. The highest BCUT2D eigenvalue weighted by Gasteiger charge is 2.27. The molecule has 2 aromatic heterocycles.